The van der Waals surface area contributed by atoms with Crippen molar-refractivity contribution in [2.75, 3.05) is 0 Å². The smallest absolute Gasteiger partial charge is 0.0985 e. The van der Waals surface area contributed by atoms with Crippen molar-refractivity contribution in [1.29, 1.82) is 0 Å². The zero-order valence-corrected chi connectivity index (χ0v) is 23.5. The van der Waals surface area contributed by atoms with E-state index in [4.69, 9.17) is 4.98 Å². The summed E-state index contributed by atoms with van der Waals surface area (Å²) in [6.07, 6.45) is 0. The molecule has 0 saturated heterocycles. The van der Waals surface area contributed by atoms with E-state index in [1.54, 1.807) is 0 Å². The van der Waals surface area contributed by atoms with Gasteiger partial charge in [0.15, 0.2) is 0 Å². The number of fused-ring (bicyclic) bond motifs is 8. The second kappa shape index (κ2) is 9.13. The average Bonchev–Trinajstić information content (AvgIpc) is 3.60. The van der Waals surface area contributed by atoms with E-state index in [0.29, 0.717) is 0 Å². The zero-order valence-electron chi connectivity index (χ0n) is 22.7. The van der Waals surface area contributed by atoms with Gasteiger partial charge in [0.25, 0.3) is 0 Å². The van der Waals surface area contributed by atoms with Gasteiger partial charge in [-0.15, -0.1) is 11.3 Å². The molecule has 0 bridgehead atoms. The number of benzene rings is 6. The molecule has 6 aromatic carbocycles. The second-order valence-electron chi connectivity index (χ2n) is 10.8. The SMILES string of the molecule is c1ccc(-c2ccc3cc(-n4c5ccc(-c6ccccc6)nc5c5c6sc7ccccc7c6ccc54)ccc3c2)cc1. The molecule has 0 saturated carbocycles. The van der Waals surface area contributed by atoms with Gasteiger partial charge in [-0.3, -0.25) is 0 Å². The molecule has 0 atom stereocenters. The molecule has 0 fully saturated rings. The summed E-state index contributed by atoms with van der Waals surface area (Å²) in [6.45, 7) is 0. The van der Waals surface area contributed by atoms with Crippen LogP contribution in [0.1, 0.15) is 0 Å². The molecule has 0 N–H and O–H groups in total. The molecule has 0 aliphatic heterocycles. The van der Waals surface area contributed by atoms with Crippen LogP contribution in [0.2, 0.25) is 0 Å². The average molecular weight is 553 g/mol. The van der Waals surface area contributed by atoms with E-state index in [1.807, 2.05) is 11.3 Å². The largest absolute Gasteiger partial charge is 0.308 e. The van der Waals surface area contributed by atoms with Crippen molar-refractivity contribution in [3.63, 3.8) is 0 Å². The predicted molar refractivity (Wildman–Crippen MR) is 180 cm³/mol. The first-order valence-electron chi connectivity index (χ1n) is 14.2. The van der Waals surface area contributed by atoms with Gasteiger partial charge in [-0.2, -0.15) is 0 Å². The van der Waals surface area contributed by atoms with E-state index >= 15 is 0 Å². The van der Waals surface area contributed by atoms with Gasteiger partial charge in [0.05, 0.1) is 22.2 Å². The molecule has 0 aliphatic rings. The molecule has 0 spiro atoms. The minimum absolute atomic E-state index is 0.993. The lowest BCUT2D eigenvalue weighted by atomic mass is 10.0. The highest BCUT2D eigenvalue weighted by molar-refractivity contribution is 7.26. The summed E-state index contributed by atoms with van der Waals surface area (Å²) in [6, 6.07) is 52.3. The van der Waals surface area contributed by atoms with Crippen LogP contribution in [-0.2, 0) is 0 Å². The Hall–Kier alpha value is -5.25. The van der Waals surface area contributed by atoms with Crippen LogP contribution in [0, 0.1) is 0 Å². The normalized spacial score (nSPS) is 11.8. The Morgan fingerprint density at radius 2 is 1.21 bits per heavy atom. The maximum atomic E-state index is 5.33. The predicted octanol–water partition coefficient (Wildman–Crippen LogP) is 11.0. The number of aromatic nitrogens is 2. The summed E-state index contributed by atoms with van der Waals surface area (Å²) >= 11 is 1.86. The first-order chi connectivity index (χ1) is 20.8. The number of nitrogens with zero attached hydrogens (tertiary/aromatic N) is 2. The van der Waals surface area contributed by atoms with E-state index < -0.39 is 0 Å². The summed E-state index contributed by atoms with van der Waals surface area (Å²) in [5, 5.41) is 6.28. The molecule has 9 aromatic rings. The minimum atomic E-state index is 0.993. The van der Waals surface area contributed by atoms with Crippen LogP contribution in [0.3, 0.4) is 0 Å². The lowest BCUT2D eigenvalue weighted by Crippen LogP contribution is -1.94. The molecule has 196 valence electrons. The molecule has 0 amide bonds. The first-order valence-corrected chi connectivity index (χ1v) is 15.0. The third-order valence-corrected chi connectivity index (χ3v) is 9.58. The van der Waals surface area contributed by atoms with Gasteiger partial charge in [0.2, 0.25) is 0 Å². The van der Waals surface area contributed by atoms with Gasteiger partial charge in [0.1, 0.15) is 0 Å². The minimum Gasteiger partial charge on any atom is -0.308 e. The quantitative estimate of drug-likeness (QED) is 0.213. The molecular formula is C39H24N2S. The number of pyridine rings is 1. The molecule has 0 aliphatic carbocycles. The van der Waals surface area contributed by atoms with E-state index in [-0.39, 0.29) is 0 Å². The fraction of sp³-hybridized carbons (Fsp3) is 0. The molecule has 3 aromatic heterocycles. The fourth-order valence-electron chi connectivity index (χ4n) is 6.37. The fourth-order valence-corrected chi connectivity index (χ4v) is 7.62. The van der Waals surface area contributed by atoms with Gasteiger partial charge < -0.3 is 4.57 Å². The van der Waals surface area contributed by atoms with Crippen LogP contribution in [0.5, 0.6) is 0 Å². The van der Waals surface area contributed by atoms with Crippen LogP contribution < -0.4 is 0 Å². The second-order valence-corrected chi connectivity index (χ2v) is 11.9. The summed E-state index contributed by atoms with van der Waals surface area (Å²) in [4.78, 5) is 5.33. The lowest BCUT2D eigenvalue weighted by molar-refractivity contribution is 1.18. The molecule has 3 heterocycles. The van der Waals surface area contributed by atoms with Crippen molar-refractivity contribution in [1.82, 2.24) is 9.55 Å². The van der Waals surface area contributed by atoms with Gasteiger partial charge in [-0.1, -0.05) is 103 Å². The summed E-state index contributed by atoms with van der Waals surface area (Å²) in [5.74, 6) is 0. The van der Waals surface area contributed by atoms with Gasteiger partial charge >= 0.3 is 0 Å². The lowest BCUT2D eigenvalue weighted by Gasteiger charge is -2.11. The number of rotatable bonds is 3. The van der Waals surface area contributed by atoms with Crippen LogP contribution >= 0.6 is 11.3 Å². The Morgan fingerprint density at radius 3 is 2.07 bits per heavy atom. The van der Waals surface area contributed by atoms with Crippen molar-refractivity contribution < 1.29 is 0 Å². The summed E-state index contributed by atoms with van der Waals surface area (Å²) in [5.41, 5.74) is 9.08. The van der Waals surface area contributed by atoms with Gasteiger partial charge in [-0.25, -0.2) is 4.98 Å². The number of thiophene rings is 1. The molecule has 2 nitrogen and oxygen atoms in total. The van der Waals surface area contributed by atoms with E-state index in [1.165, 1.54) is 53.0 Å². The van der Waals surface area contributed by atoms with E-state index in [0.717, 1.165) is 28.0 Å². The summed E-state index contributed by atoms with van der Waals surface area (Å²) < 4.78 is 4.99. The Balaban J connectivity index is 1.32. The van der Waals surface area contributed by atoms with Crippen molar-refractivity contribution in [3.8, 4) is 28.1 Å². The van der Waals surface area contributed by atoms with Gasteiger partial charge in [0, 0.05) is 36.8 Å². The van der Waals surface area contributed by atoms with E-state index in [2.05, 4.69) is 150 Å². The molecule has 9 rings (SSSR count). The molecule has 42 heavy (non-hydrogen) atoms. The van der Waals surface area contributed by atoms with E-state index in [9.17, 15) is 0 Å². The Labute approximate surface area is 246 Å². The maximum Gasteiger partial charge on any atom is 0.0985 e. The number of hydrogen-bond acceptors (Lipinski definition) is 2. The third-order valence-electron chi connectivity index (χ3n) is 8.38. The van der Waals surface area contributed by atoms with Crippen LogP contribution in [0.25, 0.3) is 81.0 Å². The topological polar surface area (TPSA) is 17.8 Å². The number of hydrogen-bond donors (Lipinski definition) is 0. The zero-order chi connectivity index (χ0) is 27.6. The van der Waals surface area contributed by atoms with Crippen molar-refractivity contribution in [2.45, 2.75) is 0 Å². The summed E-state index contributed by atoms with van der Waals surface area (Å²) in [7, 11) is 0. The highest BCUT2D eigenvalue weighted by Crippen LogP contribution is 2.43. The Bertz CT molecular complexity index is 2450. The third kappa shape index (κ3) is 3.54. The molecular weight excluding hydrogens is 529 g/mol. The van der Waals surface area contributed by atoms with Crippen LogP contribution in [0.4, 0.5) is 0 Å². The maximum absolute atomic E-state index is 5.33. The van der Waals surface area contributed by atoms with Crippen LogP contribution in [-0.4, -0.2) is 9.55 Å². The molecule has 0 unspecified atom stereocenters. The monoisotopic (exact) mass is 552 g/mol. The van der Waals surface area contributed by atoms with Crippen molar-refractivity contribution in [2.24, 2.45) is 0 Å². The Morgan fingerprint density at radius 1 is 0.500 bits per heavy atom. The standard InChI is InChI=1S/C39H24N2S/c1-3-9-25(10-4-1)27-15-16-29-24-30(18-17-28(29)23-27)41-34-21-19-32-31-13-7-8-14-36(31)42-39(32)37(34)38-35(41)22-20-33(40-38)26-11-5-2-6-12-26/h1-24H. The highest BCUT2D eigenvalue weighted by Gasteiger charge is 2.19. The molecule has 3 heteroatoms. The van der Waals surface area contributed by atoms with Crippen molar-refractivity contribution in [3.05, 3.63) is 146 Å². The van der Waals surface area contributed by atoms with Gasteiger partial charge in [-0.05, 0) is 64.4 Å². The first kappa shape index (κ1) is 23.5. The van der Waals surface area contributed by atoms with Crippen LogP contribution in [0.15, 0.2) is 146 Å². The Kier molecular flexibility index (Phi) is 5.10. The van der Waals surface area contributed by atoms with Crippen molar-refractivity contribution >= 4 is 64.2 Å². The molecule has 0 radical (unpaired) electrons. The highest BCUT2D eigenvalue weighted by atomic mass is 32.1.